The van der Waals surface area contributed by atoms with Crippen LogP contribution in [0, 0.1) is 17.2 Å². The Morgan fingerprint density at radius 1 is 1.33 bits per heavy atom. The lowest BCUT2D eigenvalue weighted by molar-refractivity contribution is -0.146. The largest absolute Gasteiger partial charge is 0.465 e. The molecule has 0 saturated carbocycles. The Morgan fingerprint density at radius 2 is 2.00 bits per heavy atom. The molecule has 1 aromatic carbocycles. The van der Waals surface area contributed by atoms with Crippen molar-refractivity contribution in [2.75, 3.05) is 6.61 Å². The molecular weight excluding hydrogens is 230 g/mol. The van der Waals surface area contributed by atoms with Crippen molar-refractivity contribution in [1.82, 2.24) is 0 Å². The molecule has 4 nitrogen and oxygen atoms in total. The van der Waals surface area contributed by atoms with Crippen molar-refractivity contribution in [2.45, 2.75) is 19.8 Å². The first-order chi connectivity index (χ1) is 8.69. The summed E-state index contributed by atoms with van der Waals surface area (Å²) < 4.78 is 4.76. The Morgan fingerprint density at radius 3 is 2.56 bits per heavy atom. The van der Waals surface area contributed by atoms with Gasteiger partial charge in [0.25, 0.3) is 0 Å². The van der Waals surface area contributed by atoms with Crippen molar-refractivity contribution < 1.29 is 14.3 Å². The van der Waals surface area contributed by atoms with Gasteiger partial charge in [-0.25, -0.2) is 0 Å². The molecule has 0 amide bonds. The van der Waals surface area contributed by atoms with Crippen LogP contribution in [0.15, 0.2) is 30.3 Å². The number of carbonyl (C=O) groups excluding carboxylic acids is 2. The Bertz CT molecular complexity index is 448. The molecule has 94 valence electrons. The molecule has 0 aromatic heterocycles. The Labute approximate surface area is 106 Å². The minimum atomic E-state index is -0.863. The lowest BCUT2D eigenvalue weighted by atomic mass is 10.00. The number of hydrogen-bond acceptors (Lipinski definition) is 4. The molecule has 1 atom stereocenters. The van der Waals surface area contributed by atoms with Crippen LogP contribution in [0.25, 0.3) is 0 Å². The maximum Gasteiger partial charge on any atom is 0.323 e. The van der Waals surface area contributed by atoms with Crippen molar-refractivity contribution >= 4 is 11.8 Å². The van der Waals surface area contributed by atoms with Gasteiger partial charge < -0.3 is 4.74 Å². The first-order valence-corrected chi connectivity index (χ1v) is 5.83. The highest BCUT2D eigenvalue weighted by Crippen LogP contribution is 2.12. The highest BCUT2D eigenvalue weighted by molar-refractivity contribution is 5.96. The minimum absolute atomic E-state index is 0.0693. The van der Waals surface area contributed by atoms with Gasteiger partial charge in [-0.05, 0) is 13.3 Å². The third kappa shape index (κ3) is 4.02. The van der Waals surface area contributed by atoms with Gasteiger partial charge >= 0.3 is 5.97 Å². The van der Waals surface area contributed by atoms with Gasteiger partial charge in [-0.2, -0.15) is 5.26 Å². The fourth-order valence-corrected chi connectivity index (χ4v) is 1.52. The van der Waals surface area contributed by atoms with Gasteiger partial charge in [-0.15, -0.1) is 0 Å². The monoisotopic (exact) mass is 245 g/mol. The van der Waals surface area contributed by atoms with E-state index in [9.17, 15) is 9.59 Å². The number of benzene rings is 1. The van der Waals surface area contributed by atoms with Crippen LogP contribution in [0.5, 0.6) is 0 Å². The highest BCUT2D eigenvalue weighted by Gasteiger charge is 2.20. The fraction of sp³-hybridized carbons (Fsp3) is 0.357. The second kappa shape index (κ2) is 7.23. The van der Waals surface area contributed by atoms with E-state index in [2.05, 4.69) is 0 Å². The topological polar surface area (TPSA) is 67.2 Å². The lowest BCUT2D eigenvalue weighted by Gasteiger charge is -2.07. The molecule has 0 N–H and O–H groups in total. The summed E-state index contributed by atoms with van der Waals surface area (Å²) >= 11 is 0. The van der Waals surface area contributed by atoms with Crippen LogP contribution >= 0.6 is 0 Å². The number of nitriles is 1. The van der Waals surface area contributed by atoms with Gasteiger partial charge in [0.15, 0.2) is 5.78 Å². The van der Waals surface area contributed by atoms with Crippen molar-refractivity contribution in [3.8, 4) is 6.07 Å². The Balaban J connectivity index is 2.52. The van der Waals surface area contributed by atoms with Crippen LogP contribution in [0.4, 0.5) is 0 Å². The van der Waals surface area contributed by atoms with Crippen LogP contribution in [-0.4, -0.2) is 18.4 Å². The average Bonchev–Trinajstić information content (AvgIpc) is 2.40. The van der Waals surface area contributed by atoms with Crippen molar-refractivity contribution in [3.63, 3.8) is 0 Å². The van der Waals surface area contributed by atoms with Crippen LogP contribution in [-0.2, 0) is 9.53 Å². The third-order valence-electron chi connectivity index (χ3n) is 2.48. The molecule has 4 heteroatoms. The minimum Gasteiger partial charge on any atom is -0.465 e. The van der Waals surface area contributed by atoms with Gasteiger partial charge in [-0.1, -0.05) is 30.3 Å². The highest BCUT2D eigenvalue weighted by atomic mass is 16.5. The summed E-state index contributed by atoms with van der Waals surface area (Å²) in [5, 5.41) is 8.84. The molecule has 0 radical (unpaired) electrons. The zero-order valence-corrected chi connectivity index (χ0v) is 10.3. The quantitative estimate of drug-likeness (QED) is 0.570. The molecule has 0 saturated heterocycles. The number of rotatable bonds is 6. The zero-order chi connectivity index (χ0) is 13.4. The van der Waals surface area contributed by atoms with E-state index in [-0.39, 0.29) is 25.2 Å². The number of ether oxygens (including phenoxy) is 1. The Kier molecular flexibility index (Phi) is 5.59. The number of carbonyl (C=O) groups is 2. The van der Waals surface area contributed by atoms with E-state index >= 15 is 0 Å². The second-order valence-corrected chi connectivity index (χ2v) is 3.76. The molecule has 1 rings (SSSR count). The van der Waals surface area contributed by atoms with E-state index in [4.69, 9.17) is 10.00 Å². The summed E-state index contributed by atoms with van der Waals surface area (Å²) in [7, 11) is 0. The zero-order valence-electron chi connectivity index (χ0n) is 10.3. The van der Waals surface area contributed by atoms with Crippen molar-refractivity contribution in [2.24, 2.45) is 5.92 Å². The van der Waals surface area contributed by atoms with Gasteiger partial charge in [-0.3, -0.25) is 9.59 Å². The molecule has 0 heterocycles. The van der Waals surface area contributed by atoms with E-state index in [0.29, 0.717) is 5.56 Å². The summed E-state index contributed by atoms with van der Waals surface area (Å²) in [6, 6.07) is 10.7. The van der Waals surface area contributed by atoms with Crippen LogP contribution in [0.3, 0.4) is 0 Å². The van der Waals surface area contributed by atoms with Gasteiger partial charge in [0.05, 0.1) is 12.7 Å². The molecule has 0 aliphatic carbocycles. The summed E-state index contributed by atoms with van der Waals surface area (Å²) in [4.78, 5) is 23.2. The fourth-order valence-electron chi connectivity index (χ4n) is 1.52. The van der Waals surface area contributed by atoms with Crippen LogP contribution in [0.2, 0.25) is 0 Å². The molecule has 0 aliphatic rings. The van der Waals surface area contributed by atoms with Crippen molar-refractivity contribution in [1.29, 1.82) is 5.26 Å². The molecule has 0 fully saturated rings. The smallest absolute Gasteiger partial charge is 0.323 e. The van der Waals surface area contributed by atoms with E-state index in [1.807, 2.05) is 12.1 Å². The first kappa shape index (κ1) is 13.9. The summed E-state index contributed by atoms with van der Waals surface area (Å²) in [5.74, 6) is -1.49. The summed E-state index contributed by atoms with van der Waals surface area (Å²) in [6.45, 7) is 1.92. The maximum absolute atomic E-state index is 11.8. The molecule has 0 aliphatic heterocycles. The third-order valence-corrected chi connectivity index (χ3v) is 2.48. The molecule has 18 heavy (non-hydrogen) atoms. The van der Waals surface area contributed by atoms with E-state index < -0.39 is 11.9 Å². The average molecular weight is 245 g/mol. The van der Waals surface area contributed by atoms with Crippen LogP contribution < -0.4 is 0 Å². The second-order valence-electron chi connectivity index (χ2n) is 3.76. The predicted octanol–water partition coefficient (Wildman–Crippen LogP) is 2.35. The molecule has 1 unspecified atom stereocenters. The van der Waals surface area contributed by atoms with E-state index in [1.165, 1.54) is 0 Å². The SMILES string of the molecule is CCOC(=O)C(C#N)CCC(=O)c1ccccc1. The summed E-state index contributed by atoms with van der Waals surface area (Å²) in [5.41, 5.74) is 0.595. The first-order valence-electron chi connectivity index (χ1n) is 5.83. The van der Waals surface area contributed by atoms with Gasteiger partial charge in [0.2, 0.25) is 0 Å². The Hall–Kier alpha value is -2.15. The van der Waals surface area contributed by atoms with Crippen LogP contribution in [0.1, 0.15) is 30.1 Å². The number of hydrogen-bond donors (Lipinski definition) is 0. The van der Waals surface area contributed by atoms with Gasteiger partial charge in [0, 0.05) is 12.0 Å². The normalized spacial score (nSPS) is 11.3. The number of Topliss-reactive ketones (excluding diaryl/α,β-unsaturated/α-hetero) is 1. The van der Waals surface area contributed by atoms with Crippen molar-refractivity contribution in [3.05, 3.63) is 35.9 Å². The molecule has 0 bridgehead atoms. The van der Waals surface area contributed by atoms with E-state index in [0.717, 1.165) is 0 Å². The molecule has 1 aromatic rings. The lowest BCUT2D eigenvalue weighted by Crippen LogP contribution is -2.17. The number of nitrogens with zero attached hydrogens (tertiary/aromatic N) is 1. The number of esters is 1. The van der Waals surface area contributed by atoms with Gasteiger partial charge in [0.1, 0.15) is 5.92 Å². The molecule has 0 spiro atoms. The standard InChI is InChI=1S/C14H15NO3/c1-2-18-14(17)12(10-15)8-9-13(16)11-6-4-3-5-7-11/h3-7,12H,2,8-9H2,1H3. The number of ketones is 1. The van der Waals surface area contributed by atoms with E-state index in [1.54, 1.807) is 31.2 Å². The summed E-state index contributed by atoms with van der Waals surface area (Å²) in [6.07, 6.45) is 0.365. The molecular formula is C14H15NO3. The predicted molar refractivity (Wildman–Crippen MR) is 65.7 cm³/mol. The maximum atomic E-state index is 11.8.